The topological polar surface area (TPSA) is 169 Å². The van der Waals surface area contributed by atoms with E-state index in [9.17, 15) is 38.9 Å². The third-order valence-corrected chi connectivity index (χ3v) is 16.3. The second-order valence-corrected chi connectivity index (χ2v) is 22.2. The Morgan fingerprint density at radius 1 is 0.782 bits per heavy atom. The number of fused-ring (bicyclic) bond motifs is 6. The third-order valence-electron chi connectivity index (χ3n) is 10.6. The van der Waals surface area contributed by atoms with Gasteiger partial charge in [0.2, 0.25) is 5.69 Å². The molecule has 2 aromatic heterocycles. The van der Waals surface area contributed by atoms with E-state index >= 15 is 0 Å². The van der Waals surface area contributed by atoms with Gasteiger partial charge < -0.3 is 4.90 Å². The van der Waals surface area contributed by atoms with Gasteiger partial charge in [-0.05, 0) is 68.7 Å². The number of hydrogen-bond donors (Lipinski definition) is 3. The summed E-state index contributed by atoms with van der Waals surface area (Å²) in [6, 6.07) is 8.85. The third kappa shape index (κ3) is 8.02. The van der Waals surface area contributed by atoms with Crippen molar-refractivity contribution in [3.63, 3.8) is 0 Å². The van der Waals surface area contributed by atoms with Gasteiger partial charge in [-0.3, -0.25) is 13.7 Å². The molecule has 0 saturated carbocycles. The Morgan fingerprint density at radius 2 is 1.45 bits per heavy atom. The Labute approximate surface area is 331 Å². The molecule has 2 aromatic carbocycles. The van der Waals surface area contributed by atoms with E-state index in [1.54, 1.807) is 12.1 Å². The monoisotopic (exact) mass is 847 g/mol. The van der Waals surface area contributed by atoms with E-state index in [0.29, 0.717) is 10.1 Å². The normalized spacial score (nSPS) is 17.9. The molecule has 4 aromatic rings. The molecule has 0 spiro atoms. The molecular formula is C39H47N2O9S5+. The predicted molar refractivity (Wildman–Crippen MR) is 223 cm³/mol. The summed E-state index contributed by atoms with van der Waals surface area (Å²) in [5, 5.41) is 1.50. The Balaban J connectivity index is 1.39. The molecule has 4 heterocycles. The second-order valence-electron chi connectivity index (χ2n) is 15.2. The molecule has 6 rings (SSSR count). The number of allylic oxidation sites excluding steroid dienone is 6. The lowest BCUT2D eigenvalue weighted by Crippen LogP contribution is -2.28. The minimum absolute atomic E-state index is 0.0770. The van der Waals surface area contributed by atoms with Crippen LogP contribution in [0.4, 0.5) is 11.4 Å². The molecule has 16 heteroatoms. The molecule has 296 valence electrons. The first-order valence-corrected chi connectivity index (χ1v) is 24.2. The summed E-state index contributed by atoms with van der Waals surface area (Å²) >= 11 is 2.06. The number of hydrogen-bond acceptors (Lipinski definition) is 9. The first-order chi connectivity index (χ1) is 25.6. The first-order valence-electron chi connectivity index (χ1n) is 18.1. The minimum atomic E-state index is -4.42. The van der Waals surface area contributed by atoms with Gasteiger partial charge in [-0.1, -0.05) is 58.3 Å². The van der Waals surface area contributed by atoms with Crippen LogP contribution in [0, 0.1) is 6.92 Å². The van der Waals surface area contributed by atoms with Crippen LogP contribution in [0.5, 0.6) is 0 Å². The molecule has 11 nitrogen and oxygen atoms in total. The smallest absolute Gasteiger partial charge is 0.304 e. The van der Waals surface area contributed by atoms with Crippen LogP contribution >= 0.6 is 22.7 Å². The summed E-state index contributed by atoms with van der Waals surface area (Å²) in [5.41, 5.74) is 5.37. The van der Waals surface area contributed by atoms with Crippen LogP contribution in [-0.4, -0.2) is 68.0 Å². The Hall–Kier alpha value is -3.22. The summed E-state index contributed by atoms with van der Waals surface area (Å²) in [5.74, 6) is -0.418. The fourth-order valence-corrected chi connectivity index (χ4v) is 12.2. The first kappa shape index (κ1) is 41.4. The van der Waals surface area contributed by atoms with Crippen molar-refractivity contribution < 1.29 is 43.5 Å². The number of nitrogens with zero attached hydrogens (tertiary/aromatic N) is 2. The maximum Gasteiger partial charge on any atom is 0.304 e. The van der Waals surface area contributed by atoms with Crippen LogP contribution in [0.3, 0.4) is 0 Å². The van der Waals surface area contributed by atoms with Crippen LogP contribution in [0.2, 0.25) is 0 Å². The maximum absolute atomic E-state index is 12.2. The zero-order chi connectivity index (χ0) is 40.3. The molecule has 0 atom stereocenters. The number of thiophene rings is 2. The van der Waals surface area contributed by atoms with E-state index in [-0.39, 0.29) is 21.4 Å². The highest BCUT2D eigenvalue weighted by molar-refractivity contribution is 7.88. The van der Waals surface area contributed by atoms with Crippen molar-refractivity contribution in [1.29, 1.82) is 0 Å². The summed E-state index contributed by atoms with van der Waals surface area (Å²) in [4.78, 5) is 2.33. The number of unbranched alkanes of at least 4 members (excludes halogenated alkanes) is 3. The van der Waals surface area contributed by atoms with Gasteiger partial charge in [-0.2, -0.15) is 29.8 Å². The summed E-state index contributed by atoms with van der Waals surface area (Å²) in [7, 11) is -13.0. The van der Waals surface area contributed by atoms with Gasteiger partial charge in [-0.15, -0.1) is 22.7 Å². The van der Waals surface area contributed by atoms with E-state index in [1.165, 1.54) is 6.07 Å². The Morgan fingerprint density at radius 3 is 2.11 bits per heavy atom. The average molecular weight is 848 g/mol. The number of rotatable bonds is 14. The van der Waals surface area contributed by atoms with Crippen molar-refractivity contribution >= 4 is 90.3 Å². The minimum Gasteiger partial charge on any atom is -0.344 e. The molecule has 2 aliphatic rings. The second kappa shape index (κ2) is 14.9. The summed E-state index contributed by atoms with van der Waals surface area (Å²) in [6.07, 6.45) is 14.3. The Kier molecular flexibility index (Phi) is 11.2. The lowest BCUT2D eigenvalue weighted by Gasteiger charge is -2.27. The van der Waals surface area contributed by atoms with Gasteiger partial charge in [0.05, 0.1) is 11.2 Å². The molecule has 0 saturated heterocycles. The molecule has 2 aliphatic heterocycles. The van der Waals surface area contributed by atoms with Gasteiger partial charge in [0.25, 0.3) is 10.1 Å². The van der Waals surface area contributed by atoms with Crippen LogP contribution in [-0.2, 0) is 41.2 Å². The average Bonchev–Trinajstić information content (AvgIpc) is 3.80. The van der Waals surface area contributed by atoms with E-state index < -0.39 is 46.9 Å². The highest BCUT2D eigenvalue weighted by atomic mass is 32.3. The fraction of sp³-hybridized carbons (Fsp3) is 0.410. The van der Waals surface area contributed by atoms with E-state index in [0.717, 1.165) is 104 Å². The van der Waals surface area contributed by atoms with Crippen LogP contribution in [0.25, 0.3) is 20.2 Å². The quantitative estimate of drug-likeness (QED) is 0.0482. The van der Waals surface area contributed by atoms with Crippen molar-refractivity contribution in [2.45, 2.75) is 92.9 Å². The molecular weight excluding hydrogens is 801 g/mol. The van der Waals surface area contributed by atoms with E-state index in [4.69, 9.17) is 0 Å². The van der Waals surface area contributed by atoms with Crippen molar-refractivity contribution in [2.24, 2.45) is 0 Å². The van der Waals surface area contributed by atoms with Crippen molar-refractivity contribution in [1.82, 2.24) is 0 Å². The molecule has 0 bridgehead atoms. The van der Waals surface area contributed by atoms with Gasteiger partial charge in [0.15, 0.2) is 5.71 Å². The van der Waals surface area contributed by atoms with E-state index in [1.807, 2.05) is 55.7 Å². The molecule has 0 unspecified atom stereocenters. The molecule has 0 radical (unpaired) electrons. The maximum atomic E-state index is 12.2. The molecule has 0 amide bonds. The standard InChI is InChI=1S/C39H46N2O9S5/c1-7-8-9-13-19-41-29-22-25(2)37-27(24-34(52-37)55(48,49)50)36(29)39(5,6)32(41)16-12-10-11-15-31-38(3,4)35-26-23-33(54(45,46)47)51-30(26)18-17-28(35)40(31)20-14-21-53(42,43)44/h10-12,15-18,22-24H,7-9,13-14,19-21H2,1-6H3,(H2-,42,43,44,45,46,47,48,49,50)/p+1. The highest BCUT2D eigenvalue weighted by Gasteiger charge is 2.46. The van der Waals surface area contributed by atoms with Gasteiger partial charge in [0, 0.05) is 67.6 Å². The van der Waals surface area contributed by atoms with Crippen molar-refractivity contribution in [2.75, 3.05) is 23.7 Å². The number of benzene rings is 2. The molecule has 0 fully saturated rings. The van der Waals surface area contributed by atoms with Gasteiger partial charge >= 0.3 is 20.2 Å². The molecule has 55 heavy (non-hydrogen) atoms. The highest BCUT2D eigenvalue weighted by Crippen LogP contribution is 2.53. The van der Waals surface area contributed by atoms with Gasteiger partial charge in [-0.25, -0.2) is 0 Å². The summed E-state index contributed by atoms with van der Waals surface area (Å²) < 4.78 is 104. The number of anilines is 1. The van der Waals surface area contributed by atoms with Crippen LogP contribution in [0.15, 0.2) is 74.8 Å². The van der Waals surface area contributed by atoms with Crippen LogP contribution in [0.1, 0.15) is 83.4 Å². The Bertz CT molecular complexity index is 2660. The van der Waals surface area contributed by atoms with E-state index in [2.05, 4.69) is 37.8 Å². The summed E-state index contributed by atoms with van der Waals surface area (Å²) in [6.45, 7) is 13.5. The van der Waals surface area contributed by atoms with Crippen molar-refractivity contribution in [3.8, 4) is 0 Å². The molecule has 0 aliphatic carbocycles. The zero-order valence-electron chi connectivity index (χ0n) is 31.7. The molecule has 3 N–H and O–H groups in total. The van der Waals surface area contributed by atoms with Gasteiger partial charge in [0.1, 0.15) is 15.0 Å². The fourth-order valence-electron chi connectivity index (χ4n) is 8.14. The lowest BCUT2D eigenvalue weighted by molar-refractivity contribution is -0.437. The van der Waals surface area contributed by atoms with Crippen molar-refractivity contribution in [3.05, 3.63) is 83.1 Å². The number of aryl methyl sites for hydroxylation is 1. The lowest BCUT2D eigenvalue weighted by atomic mass is 9.80. The predicted octanol–water partition coefficient (Wildman–Crippen LogP) is 8.95. The zero-order valence-corrected chi connectivity index (χ0v) is 35.7. The van der Waals surface area contributed by atoms with Crippen LogP contribution < -0.4 is 4.90 Å². The largest absolute Gasteiger partial charge is 0.344 e. The SMILES string of the molecule is CCCCCCN1/C(=C/C=C/C=C/C2=[N+](CCCS(=O)(=O)O)c3ccc4sc(S(=O)(=O)O)cc4c3C2(C)C)C(C)(C)c2c1cc(C)c1sc(S(=O)(=O)O)cc21.